The van der Waals surface area contributed by atoms with E-state index in [-0.39, 0.29) is 22.7 Å². The normalized spacial score (nSPS) is 12.0. The van der Waals surface area contributed by atoms with Crippen molar-refractivity contribution in [3.63, 3.8) is 0 Å². The van der Waals surface area contributed by atoms with Gasteiger partial charge in [0.1, 0.15) is 11.6 Å². The molecule has 6 heteroatoms. The number of ether oxygens (including phenoxy) is 1. The Balaban J connectivity index is 2.52. The van der Waals surface area contributed by atoms with Crippen molar-refractivity contribution in [2.75, 3.05) is 0 Å². The zero-order valence-corrected chi connectivity index (χ0v) is 11.7. The van der Waals surface area contributed by atoms with E-state index in [1.807, 2.05) is 0 Å². The molecule has 2 aromatic rings. The second kappa shape index (κ2) is 5.88. The number of halogens is 1. The molecule has 0 aliphatic heterocycles. The largest absolute Gasteiger partial charge is 0.450 e. The van der Waals surface area contributed by atoms with Crippen LogP contribution < -0.4 is 10.5 Å². The Morgan fingerprint density at radius 3 is 2.48 bits per heavy atom. The van der Waals surface area contributed by atoms with Gasteiger partial charge in [0.2, 0.25) is 5.75 Å². The molecule has 0 amide bonds. The highest BCUT2D eigenvalue weighted by atomic mass is 19.1. The number of nitrogens with zero attached hydrogens (tertiary/aromatic N) is 1. The highest BCUT2D eigenvalue weighted by Gasteiger charge is 2.21. The molecule has 5 nitrogen and oxygen atoms in total. The highest BCUT2D eigenvalue weighted by Crippen LogP contribution is 2.37. The fourth-order valence-electron chi connectivity index (χ4n) is 2.11. The topological polar surface area (TPSA) is 78.4 Å². The van der Waals surface area contributed by atoms with Crippen LogP contribution in [0.1, 0.15) is 24.1 Å². The quantitative estimate of drug-likeness (QED) is 0.685. The molecule has 1 atom stereocenters. The van der Waals surface area contributed by atoms with E-state index in [0.29, 0.717) is 5.56 Å². The van der Waals surface area contributed by atoms with Gasteiger partial charge in [-0.25, -0.2) is 4.39 Å². The predicted octanol–water partition coefficient (Wildman–Crippen LogP) is 3.85. The summed E-state index contributed by atoms with van der Waals surface area (Å²) in [6.07, 6.45) is 0. The maximum Gasteiger partial charge on any atom is 0.314 e. The Labute approximate surface area is 121 Å². The van der Waals surface area contributed by atoms with Gasteiger partial charge in [-0.15, -0.1) is 0 Å². The van der Waals surface area contributed by atoms with Crippen molar-refractivity contribution in [1.29, 1.82) is 0 Å². The number of para-hydroxylation sites is 1. The Morgan fingerprint density at radius 2 is 1.86 bits per heavy atom. The van der Waals surface area contributed by atoms with Crippen LogP contribution in [0.2, 0.25) is 0 Å². The number of nitro groups is 1. The first-order valence-electron chi connectivity index (χ1n) is 6.37. The third kappa shape index (κ3) is 3.00. The number of rotatable bonds is 4. The van der Waals surface area contributed by atoms with Gasteiger partial charge in [0, 0.05) is 17.2 Å². The monoisotopic (exact) mass is 290 g/mol. The van der Waals surface area contributed by atoms with Crippen LogP contribution in [0.5, 0.6) is 11.5 Å². The summed E-state index contributed by atoms with van der Waals surface area (Å²) < 4.78 is 19.4. The minimum absolute atomic E-state index is 0.0625. The van der Waals surface area contributed by atoms with Gasteiger partial charge < -0.3 is 10.5 Å². The smallest absolute Gasteiger partial charge is 0.314 e. The molecule has 110 valence electrons. The van der Waals surface area contributed by atoms with Crippen LogP contribution in [0.15, 0.2) is 36.4 Å². The third-order valence-electron chi connectivity index (χ3n) is 3.07. The summed E-state index contributed by atoms with van der Waals surface area (Å²) in [6, 6.07) is 8.42. The maximum atomic E-state index is 13.8. The van der Waals surface area contributed by atoms with E-state index >= 15 is 0 Å². The molecule has 0 aliphatic carbocycles. The lowest BCUT2D eigenvalue weighted by Crippen LogP contribution is -2.09. The van der Waals surface area contributed by atoms with E-state index in [1.54, 1.807) is 26.0 Å². The van der Waals surface area contributed by atoms with Crippen molar-refractivity contribution in [1.82, 2.24) is 0 Å². The minimum Gasteiger partial charge on any atom is -0.450 e. The summed E-state index contributed by atoms with van der Waals surface area (Å²) in [5.74, 6) is -0.260. The van der Waals surface area contributed by atoms with Crippen LogP contribution >= 0.6 is 0 Å². The number of nitrogens with two attached hydrogens (primary N) is 1. The molecule has 0 aliphatic rings. The van der Waals surface area contributed by atoms with Gasteiger partial charge in [-0.2, -0.15) is 0 Å². The molecule has 0 saturated carbocycles. The number of hydrogen-bond donors (Lipinski definition) is 1. The number of benzene rings is 2. The van der Waals surface area contributed by atoms with Crippen LogP contribution in [-0.2, 0) is 0 Å². The van der Waals surface area contributed by atoms with Crippen LogP contribution in [0.3, 0.4) is 0 Å². The molecule has 0 aromatic heterocycles. The van der Waals surface area contributed by atoms with Gasteiger partial charge in [-0.3, -0.25) is 10.1 Å². The highest BCUT2D eigenvalue weighted by molar-refractivity contribution is 5.54. The van der Waals surface area contributed by atoms with E-state index in [2.05, 4.69) is 0 Å². The molecule has 2 N–H and O–H groups in total. The lowest BCUT2D eigenvalue weighted by atomic mass is 10.1. The van der Waals surface area contributed by atoms with E-state index < -0.39 is 16.8 Å². The van der Waals surface area contributed by atoms with Gasteiger partial charge in [0.25, 0.3) is 0 Å². The fourth-order valence-corrected chi connectivity index (χ4v) is 2.11. The van der Waals surface area contributed by atoms with Crippen LogP contribution in [0.4, 0.5) is 10.1 Å². The summed E-state index contributed by atoms with van der Waals surface area (Å²) in [5, 5.41) is 11.1. The first-order chi connectivity index (χ1) is 9.91. The summed E-state index contributed by atoms with van der Waals surface area (Å²) in [7, 11) is 0. The second-order valence-electron chi connectivity index (χ2n) is 4.72. The Bertz CT molecular complexity index is 687. The third-order valence-corrected chi connectivity index (χ3v) is 3.07. The second-order valence-corrected chi connectivity index (χ2v) is 4.72. The zero-order chi connectivity index (χ0) is 15.6. The van der Waals surface area contributed by atoms with E-state index in [1.165, 1.54) is 24.3 Å². The van der Waals surface area contributed by atoms with Gasteiger partial charge in [0.05, 0.1) is 4.92 Å². The Morgan fingerprint density at radius 1 is 1.24 bits per heavy atom. The average molecular weight is 290 g/mol. The molecule has 0 fully saturated rings. The molecule has 2 aromatic carbocycles. The van der Waals surface area contributed by atoms with Crippen molar-refractivity contribution in [2.24, 2.45) is 5.73 Å². The summed E-state index contributed by atoms with van der Waals surface area (Å²) in [5.41, 5.74) is 6.26. The van der Waals surface area contributed by atoms with Crippen molar-refractivity contribution in [3.8, 4) is 11.5 Å². The molecule has 2 rings (SSSR count). The first kappa shape index (κ1) is 14.9. The van der Waals surface area contributed by atoms with Crippen LogP contribution in [0, 0.1) is 22.9 Å². The maximum absolute atomic E-state index is 13.8. The van der Waals surface area contributed by atoms with E-state index in [4.69, 9.17) is 10.5 Å². The number of hydrogen-bond acceptors (Lipinski definition) is 4. The van der Waals surface area contributed by atoms with E-state index in [0.717, 1.165) is 0 Å². The zero-order valence-electron chi connectivity index (χ0n) is 11.7. The van der Waals surface area contributed by atoms with Crippen LogP contribution in [-0.4, -0.2) is 4.92 Å². The van der Waals surface area contributed by atoms with Gasteiger partial charge in [-0.1, -0.05) is 18.2 Å². The summed E-state index contributed by atoms with van der Waals surface area (Å²) in [4.78, 5) is 10.6. The molecule has 0 saturated heterocycles. The van der Waals surface area contributed by atoms with Gasteiger partial charge >= 0.3 is 5.69 Å². The standard InChI is InChI=1S/C15H15FN2O3/c1-9-5-3-8-13(15(9)18(19)20)21-12-7-4-6-11(16)14(12)10(2)17/h3-8,10H,17H2,1-2H3. The van der Waals surface area contributed by atoms with Crippen molar-refractivity contribution >= 4 is 5.69 Å². The lowest BCUT2D eigenvalue weighted by Gasteiger charge is -2.14. The minimum atomic E-state index is -0.593. The SMILES string of the molecule is Cc1cccc(Oc2cccc(F)c2C(C)N)c1[N+](=O)[O-]. The van der Waals surface area contributed by atoms with Crippen molar-refractivity contribution in [2.45, 2.75) is 19.9 Å². The van der Waals surface area contributed by atoms with Gasteiger partial charge in [0.15, 0.2) is 0 Å². The molecule has 1 unspecified atom stereocenters. The summed E-state index contributed by atoms with van der Waals surface area (Å²) >= 11 is 0. The lowest BCUT2D eigenvalue weighted by molar-refractivity contribution is -0.386. The van der Waals surface area contributed by atoms with Gasteiger partial charge in [-0.05, 0) is 32.0 Å². The van der Waals surface area contributed by atoms with Crippen LogP contribution in [0.25, 0.3) is 0 Å². The molecular formula is C15H15FN2O3. The van der Waals surface area contributed by atoms with Crippen molar-refractivity contribution in [3.05, 3.63) is 63.5 Å². The molecule has 0 bridgehead atoms. The number of aryl methyl sites for hydroxylation is 1. The first-order valence-corrected chi connectivity index (χ1v) is 6.37. The molecule has 0 radical (unpaired) electrons. The Kier molecular flexibility index (Phi) is 4.18. The molecule has 0 heterocycles. The molecular weight excluding hydrogens is 275 g/mol. The molecule has 0 spiro atoms. The van der Waals surface area contributed by atoms with E-state index in [9.17, 15) is 14.5 Å². The summed E-state index contributed by atoms with van der Waals surface area (Å²) in [6.45, 7) is 3.24. The van der Waals surface area contributed by atoms with Crippen molar-refractivity contribution < 1.29 is 14.1 Å². The average Bonchev–Trinajstić information content (AvgIpc) is 2.37. The predicted molar refractivity (Wildman–Crippen MR) is 76.9 cm³/mol. The fraction of sp³-hybridized carbons (Fsp3) is 0.200. The molecule has 21 heavy (non-hydrogen) atoms. The Hall–Kier alpha value is -2.47. The number of nitro benzene ring substituents is 1.